The van der Waals surface area contributed by atoms with Gasteiger partial charge in [-0.1, -0.05) is 0 Å². The van der Waals surface area contributed by atoms with E-state index >= 15 is 0 Å². The molecule has 1 saturated heterocycles. The molecule has 0 aromatic heterocycles. The van der Waals surface area contributed by atoms with Crippen molar-refractivity contribution in [3.63, 3.8) is 0 Å². The summed E-state index contributed by atoms with van der Waals surface area (Å²) in [6, 6.07) is 0. The standard InChI is InChI=1S/C8H15NO3/c1-9-4-2-3-8(12,6-9)5-7(10)11/h12H,2-6H2,1H3,(H,10,11)/t8-/m1/s1. The first-order valence-electron chi connectivity index (χ1n) is 4.15. The fraction of sp³-hybridized carbons (Fsp3) is 0.875. The number of rotatable bonds is 2. The molecular weight excluding hydrogens is 158 g/mol. The van der Waals surface area contributed by atoms with Gasteiger partial charge in [0.05, 0.1) is 12.0 Å². The van der Waals surface area contributed by atoms with E-state index in [1.165, 1.54) is 0 Å². The van der Waals surface area contributed by atoms with Crippen LogP contribution in [0.1, 0.15) is 19.3 Å². The van der Waals surface area contributed by atoms with E-state index in [2.05, 4.69) is 0 Å². The van der Waals surface area contributed by atoms with Gasteiger partial charge in [-0.3, -0.25) is 4.79 Å². The molecule has 70 valence electrons. The molecule has 1 atom stereocenters. The van der Waals surface area contributed by atoms with Gasteiger partial charge in [-0.2, -0.15) is 0 Å². The van der Waals surface area contributed by atoms with Crippen LogP contribution in [0.4, 0.5) is 0 Å². The molecular formula is C8H15NO3. The molecule has 0 bridgehead atoms. The highest BCUT2D eigenvalue weighted by Gasteiger charge is 2.33. The van der Waals surface area contributed by atoms with Crippen molar-refractivity contribution in [3.05, 3.63) is 0 Å². The molecule has 1 aliphatic heterocycles. The molecule has 0 aromatic carbocycles. The summed E-state index contributed by atoms with van der Waals surface area (Å²) in [6.07, 6.45) is 1.33. The summed E-state index contributed by atoms with van der Waals surface area (Å²) in [4.78, 5) is 12.4. The molecule has 4 heteroatoms. The lowest BCUT2D eigenvalue weighted by Gasteiger charge is -2.36. The molecule has 1 heterocycles. The number of hydrogen-bond acceptors (Lipinski definition) is 3. The maximum Gasteiger partial charge on any atom is 0.306 e. The fourth-order valence-corrected chi connectivity index (χ4v) is 1.76. The summed E-state index contributed by atoms with van der Waals surface area (Å²) >= 11 is 0. The van der Waals surface area contributed by atoms with Gasteiger partial charge in [0.25, 0.3) is 0 Å². The zero-order valence-corrected chi connectivity index (χ0v) is 7.29. The Balaban J connectivity index is 2.51. The van der Waals surface area contributed by atoms with Crippen molar-refractivity contribution in [2.24, 2.45) is 0 Å². The summed E-state index contributed by atoms with van der Waals surface area (Å²) in [7, 11) is 1.89. The predicted octanol–water partition coefficient (Wildman–Crippen LogP) is -0.0822. The van der Waals surface area contributed by atoms with Crippen LogP contribution in [0.5, 0.6) is 0 Å². The monoisotopic (exact) mass is 173 g/mol. The third kappa shape index (κ3) is 2.46. The number of β-amino-alcohol motifs (C(OH)–C–C–N with tert-alkyl or cyclic N) is 1. The van der Waals surface area contributed by atoms with E-state index in [4.69, 9.17) is 5.11 Å². The molecule has 12 heavy (non-hydrogen) atoms. The Morgan fingerprint density at radius 1 is 1.67 bits per heavy atom. The number of aliphatic hydroxyl groups is 1. The second kappa shape index (κ2) is 3.41. The van der Waals surface area contributed by atoms with Crippen molar-refractivity contribution in [1.29, 1.82) is 0 Å². The highest BCUT2D eigenvalue weighted by Crippen LogP contribution is 2.23. The molecule has 0 saturated carbocycles. The second-order valence-electron chi connectivity index (χ2n) is 3.64. The van der Waals surface area contributed by atoms with Gasteiger partial charge in [0, 0.05) is 6.54 Å². The summed E-state index contributed by atoms with van der Waals surface area (Å²) in [5.74, 6) is -0.923. The Kier molecular flexibility index (Phi) is 2.69. The zero-order chi connectivity index (χ0) is 9.19. The lowest BCUT2D eigenvalue weighted by Crippen LogP contribution is -2.47. The van der Waals surface area contributed by atoms with Crippen LogP contribution in [0.3, 0.4) is 0 Å². The smallest absolute Gasteiger partial charge is 0.306 e. The lowest BCUT2D eigenvalue weighted by atomic mass is 9.90. The van der Waals surface area contributed by atoms with E-state index < -0.39 is 11.6 Å². The summed E-state index contributed by atoms with van der Waals surface area (Å²) in [6.45, 7) is 1.42. The molecule has 0 amide bonds. The average molecular weight is 173 g/mol. The van der Waals surface area contributed by atoms with E-state index in [-0.39, 0.29) is 6.42 Å². The Hall–Kier alpha value is -0.610. The average Bonchev–Trinajstić information content (AvgIpc) is 1.82. The molecule has 1 rings (SSSR count). The molecule has 0 radical (unpaired) electrons. The van der Waals surface area contributed by atoms with Gasteiger partial charge in [-0.05, 0) is 26.4 Å². The second-order valence-corrected chi connectivity index (χ2v) is 3.64. The molecule has 0 unspecified atom stereocenters. The molecule has 0 aliphatic carbocycles. The predicted molar refractivity (Wildman–Crippen MR) is 43.9 cm³/mol. The third-order valence-corrected chi connectivity index (χ3v) is 2.23. The summed E-state index contributed by atoms with van der Waals surface area (Å²) in [5.41, 5.74) is -1.00. The third-order valence-electron chi connectivity index (χ3n) is 2.23. The maximum absolute atomic E-state index is 10.4. The molecule has 0 spiro atoms. The van der Waals surface area contributed by atoms with Gasteiger partial charge in [0.1, 0.15) is 0 Å². The van der Waals surface area contributed by atoms with Gasteiger partial charge >= 0.3 is 5.97 Å². The molecule has 1 aliphatic rings. The zero-order valence-electron chi connectivity index (χ0n) is 7.29. The minimum atomic E-state index is -1.00. The van der Waals surface area contributed by atoms with Crippen molar-refractivity contribution in [2.75, 3.05) is 20.1 Å². The number of carboxylic acids is 1. The van der Waals surface area contributed by atoms with E-state index in [1.54, 1.807) is 0 Å². The fourth-order valence-electron chi connectivity index (χ4n) is 1.76. The number of nitrogens with zero attached hydrogens (tertiary/aromatic N) is 1. The van der Waals surface area contributed by atoms with Crippen molar-refractivity contribution in [2.45, 2.75) is 24.9 Å². The van der Waals surface area contributed by atoms with Gasteiger partial charge in [-0.25, -0.2) is 0 Å². The van der Waals surface area contributed by atoms with E-state index in [1.807, 2.05) is 11.9 Å². The van der Waals surface area contributed by atoms with Crippen LogP contribution in [0.25, 0.3) is 0 Å². The molecule has 4 nitrogen and oxygen atoms in total. The minimum Gasteiger partial charge on any atom is -0.481 e. The van der Waals surface area contributed by atoms with Crippen molar-refractivity contribution >= 4 is 5.97 Å². The van der Waals surface area contributed by atoms with Crippen molar-refractivity contribution in [3.8, 4) is 0 Å². The van der Waals surface area contributed by atoms with Crippen LogP contribution in [-0.4, -0.2) is 46.8 Å². The van der Waals surface area contributed by atoms with Gasteiger partial charge in [0.2, 0.25) is 0 Å². The first kappa shape index (κ1) is 9.48. The number of carboxylic acid groups (broad SMARTS) is 1. The minimum absolute atomic E-state index is 0.142. The van der Waals surface area contributed by atoms with Gasteiger partial charge in [0.15, 0.2) is 0 Å². The van der Waals surface area contributed by atoms with E-state index in [0.29, 0.717) is 13.0 Å². The maximum atomic E-state index is 10.4. The molecule has 1 fully saturated rings. The number of carbonyl (C=O) groups is 1. The molecule has 2 N–H and O–H groups in total. The molecule has 0 aromatic rings. The van der Waals surface area contributed by atoms with Crippen LogP contribution in [0.2, 0.25) is 0 Å². The van der Waals surface area contributed by atoms with Gasteiger partial charge < -0.3 is 15.1 Å². The van der Waals surface area contributed by atoms with Crippen LogP contribution in [-0.2, 0) is 4.79 Å². The number of aliphatic carboxylic acids is 1. The number of likely N-dealkylation sites (tertiary alicyclic amines) is 1. The van der Waals surface area contributed by atoms with Crippen LogP contribution < -0.4 is 0 Å². The Morgan fingerprint density at radius 2 is 2.33 bits per heavy atom. The van der Waals surface area contributed by atoms with Crippen molar-refractivity contribution < 1.29 is 15.0 Å². The van der Waals surface area contributed by atoms with Crippen LogP contribution >= 0.6 is 0 Å². The quantitative estimate of drug-likeness (QED) is 0.613. The van der Waals surface area contributed by atoms with Gasteiger partial charge in [-0.15, -0.1) is 0 Å². The largest absolute Gasteiger partial charge is 0.481 e. The topological polar surface area (TPSA) is 60.8 Å². The van der Waals surface area contributed by atoms with E-state index in [9.17, 15) is 9.90 Å². The highest BCUT2D eigenvalue weighted by atomic mass is 16.4. The Morgan fingerprint density at radius 3 is 2.83 bits per heavy atom. The number of likely N-dealkylation sites (N-methyl/N-ethyl adjacent to an activating group) is 1. The first-order chi connectivity index (χ1) is 5.52. The highest BCUT2D eigenvalue weighted by molar-refractivity contribution is 5.68. The Bertz CT molecular complexity index is 183. The SMILES string of the molecule is CN1CCC[C@@](O)(CC(=O)O)C1. The first-order valence-corrected chi connectivity index (χ1v) is 4.15. The number of piperidine rings is 1. The van der Waals surface area contributed by atoms with Crippen LogP contribution in [0.15, 0.2) is 0 Å². The van der Waals surface area contributed by atoms with Crippen LogP contribution in [0, 0.1) is 0 Å². The Labute approximate surface area is 71.8 Å². The van der Waals surface area contributed by atoms with E-state index in [0.717, 1.165) is 13.0 Å². The summed E-state index contributed by atoms with van der Waals surface area (Å²) in [5, 5.41) is 18.3. The normalized spacial score (nSPS) is 31.8. The van der Waals surface area contributed by atoms with Crippen molar-refractivity contribution in [1.82, 2.24) is 4.90 Å². The number of hydrogen-bond donors (Lipinski definition) is 2. The summed E-state index contributed by atoms with van der Waals surface area (Å²) < 4.78 is 0. The lowest BCUT2D eigenvalue weighted by molar-refractivity contribution is -0.144.